The quantitative estimate of drug-likeness (QED) is 0.393. The summed E-state index contributed by atoms with van der Waals surface area (Å²) in [7, 11) is 2.75. The Hall–Kier alpha value is -1.05. The van der Waals surface area contributed by atoms with Crippen LogP contribution >= 0.6 is 0 Å². The monoisotopic (exact) mass is 436 g/mol. The van der Waals surface area contributed by atoms with E-state index in [-0.39, 0.29) is 17.4 Å². The van der Waals surface area contributed by atoms with Crippen LogP contribution in [-0.2, 0) is 14.9 Å². The Morgan fingerprint density at radius 1 is 1.04 bits per heavy atom. The molecule has 4 nitrogen and oxygen atoms in total. The standard InChI is InChI=1S/C18H26O4Te/c1-7-8-9-23-15-13(16(19)21-5)10-12(18(2,3)4)11-14(15)17(20)22-6/h10-11H,7-9H2,1-6H3. The van der Waals surface area contributed by atoms with Crippen LogP contribution in [0.3, 0.4) is 0 Å². The first kappa shape index (κ1) is 20.0. The number of carbonyl (C=O) groups excluding carboxylic acids is 2. The van der Waals surface area contributed by atoms with Crippen molar-refractivity contribution < 1.29 is 19.1 Å². The Bertz CT molecular complexity index is 536. The first-order chi connectivity index (χ1) is 10.8. The molecule has 0 aliphatic carbocycles. The molecule has 0 aliphatic rings. The molecule has 0 radical (unpaired) electrons. The zero-order chi connectivity index (χ0) is 17.6. The average molecular weight is 434 g/mol. The van der Waals surface area contributed by atoms with E-state index in [4.69, 9.17) is 9.47 Å². The van der Waals surface area contributed by atoms with Gasteiger partial charge in [0.1, 0.15) is 0 Å². The van der Waals surface area contributed by atoms with Crippen molar-refractivity contribution in [3.05, 3.63) is 28.8 Å². The molecule has 0 spiro atoms. The van der Waals surface area contributed by atoms with Crippen LogP contribution in [0, 0.1) is 0 Å². The Morgan fingerprint density at radius 2 is 1.52 bits per heavy atom. The Morgan fingerprint density at radius 3 is 1.87 bits per heavy atom. The first-order valence-electron chi connectivity index (χ1n) is 7.74. The van der Waals surface area contributed by atoms with E-state index in [9.17, 15) is 9.59 Å². The molecule has 0 saturated heterocycles. The van der Waals surface area contributed by atoms with Gasteiger partial charge >= 0.3 is 149 Å². The van der Waals surface area contributed by atoms with Crippen LogP contribution in [-0.4, -0.2) is 47.1 Å². The predicted octanol–water partition coefficient (Wildman–Crippen LogP) is 3.11. The van der Waals surface area contributed by atoms with Crippen LogP contribution in [0.2, 0.25) is 4.47 Å². The van der Waals surface area contributed by atoms with Gasteiger partial charge in [-0.1, -0.05) is 0 Å². The van der Waals surface area contributed by atoms with Crippen molar-refractivity contribution in [1.82, 2.24) is 0 Å². The molecule has 23 heavy (non-hydrogen) atoms. The van der Waals surface area contributed by atoms with E-state index in [0.29, 0.717) is 11.1 Å². The number of ether oxygens (including phenoxy) is 2. The number of benzene rings is 1. The van der Waals surface area contributed by atoms with E-state index in [2.05, 4.69) is 27.7 Å². The van der Waals surface area contributed by atoms with Crippen LogP contribution in [0.25, 0.3) is 0 Å². The summed E-state index contributed by atoms with van der Waals surface area (Å²) in [5.74, 6) is -0.754. The van der Waals surface area contributed by atoms with E-state index < -0.39 is 20.9 Å². The summed E-state index contributed by atoms with van der Waals surface area (Å²) in [6.07, 6.45) is 2.20. The van der Waals surface area contributed by atoms with Gasteiger partial charge in [0.2, 0.25) is 0 Å². The Balaban J connectivity index is 3.53. The summed E-state index contributed by atoms with van der Waals surface area (Å²) >= 11 is -0.656. The first-order valence-corrected chi connectivity index (χ1v) is 10.6. The SMILES string of the molecule is CCCC[Te]c1c(C(=O)OC)cc(C(C)(C)C)cc1C(=O)OC. The fraction of sp³-hybridized carbons (Fsp3) is 0.556. The van der Waals surface area contributed by atoms with Crippen LogP contribution in [0.15, 0.2) is 12.1 Å². The molecule has 0 aromatic heterocycles. The van der Waals surface area contributed by atoms with E-state index >= 15 is 0 Å². The number of hydrogen-bond acceptors (Lipinski definition) is 4. The normalized spacial score (nSPS) is 11.2. The van der Waals surface area contributed by atoms with Crippen molar-refractivity contribution in [1.29, 1.82) is 0 Å². The molecule has 5 heteroatoms. The van der Waals surface area contributed by atoms with Gasteiger partial charge < -0.3 is 0 Å². The fourth-order valence-electron chi connectivity index (χ4n) is 2.06. The van der Waals surface area contributed by atoms with Crippen molar-refractivity contribution >= 4 is 36.5 Å². The third kappa shape index (κ3) is 5.22. The summed E-state index contributed by atoms with van der Waals surface area (Å²) in [5, 5.41) is 0. The minimum absolute atomic E-state index is 0.173. The maximum atomic E-state index is 12.3. The van der Waals surface area contributed by atoms with Crippen molar-refractivity contribution in [2.75, 3.05) is 14.2 Å². The Kier molecular flexibility index (Phi) is 7.57. The molecule has 0 fully saturated rings. The van der Waals surface area contributed by atoms with E-state index in [1.54, 1.807) is 0 Å². The van der Waals surface area contributed by atoms with Crippen LogP contribution < -0.4 is 3.61 Å². The van der Waals surface area contributed by atoms with E-state index in [0.717, 1.165) is 26.5 Å². The zero-order valence-electron chi connectivity index (χ0n) is 14.8. The molecule has 0 bridgehead atoms. The number of rotatable bonds is 6. The minimum atomic E-state index is -0.656. The van der Waals surface area contributed by atoms with Gasteiger partial charge in [-0.3, -0.25) is 0 Å². The molecule has 128 valence electrons. The number of unbranched alkanes of at least 4 members (excludes halogenated alkanes) is 1. The molecule has 1 aromatic rings. The van der Waals surface area contributed by atoms with Gasteiger partial charge in [0.15, 0.2) is 0 Å². The van der Waals surface area contributed by atoms with Crippen LogP contribution in [0.4, 0.5) is 0 Å². The number of carbonyl (C=O) groups is 2. The van der Waals surface area contributed by atoms with Gasteiger partial charge in [0, 0.05) is 0 Å². The molecule has 1 aromatic carbocycles. The molecule has 0 heterocycles. The van der Waals surface area contributed by atoms with Crippen LogP contribution in [0.5, 0.6) is 0 Å². The second-order valence-corrected chi connectivity index (χ2v) is 9.49. The van der Waals surface area contributed by atoms with Crippen molar-refractivity contribution in [3.63, 3.8) is 0 Å². The van der Waals surface area contributed by atoms with Gasteiger partial charge in [-0.2, -0.15) is 0 Å². The summed E-state index contributed by atoms with van der Waals surface area (Å²) in [6, 6.07) is 3.76. The summed E-state index contributed by atoms with van der Waals surface area (Å²) in [5.41, 5.74) is 1.82. The molecular formula is C18H26O4Te. The van der Waals surface area contributed by atoms with Gasteiger partial charge in [0.05, 0.1) is 0 Å². The Labute approximate surface area is 149 Å². The van der Waals surface area contributed by atoms with Gasteiger partial charge in [0.25, 0.3) is 0 Å². The number of methoxy groups -OCH3 is 2. The van der Waals surface area contributed by atoms with Crippen LogP contribution in [0.1, 0.15) is 66.8 Å². The summed E-state index contributed by atoms with van der Waals surface area (Å²) in [6.45, 7) is 8.30. The summed E-state index contributed by atoms with van der Waals surface area (Å²) < 4.78 is 11.8. The third-order valence-electron chi connectivity index (χ3n) is 3.51. The summed E-state index contributed by atoms with van der Waals surface area (Å²) in [4.78, 5) is 24.5. The molecule has 1 rings (SSSR count). The second kappa shape index (κ2) is 8.70. The molecule has 0 N–H and O–H groups in total. The molecule has 0 atom stereocenters. The third-order valence-corrected chi connectivity index (χ3v) is 7.00. The van der Waals surface area contributed by atoms with Crippen molar-refractivity contribution in [2.24, 2.45) is 0 Å². The van der Waals surface area contributed by atoms with Crippen molar-refractivity contribution in [2.45, 2.75) is 50.4 Å². The maximum absolute atomic E-state index is 12.3. The average Bonchev–Trinajstić information content (AvgIpc) is 2.52. The molecule has 0 aliphatic heterocycles. The van der Waals surface area contributed by atoms with E-state index in [1.165, 1.54) is 14.2 Å². The van der Waals surface area contributed by atoms with Gasteiger partial charge in [-0.05, 0) is 0 Å². The van der Waals surface area contributed by atoms with Gasteiger partial charge in [-0.15, -0.1) is 0 Å². The molecule has 0 saturated carbocycles. The van der Waals surface area contributed by atoms with Gasteiger partial charge in [-0.25, -0.2) is 0 Å². The molecule has 0 unspecified atom stereocenters. The second-order valence-electron chi connectivity index (χ2n) is 6.34. The number of hydrogen-bond donors (Lipinski definition) is 0. The molecule has 0 amide bonds. The zero-order valence-corrected chi connectivity index (χ0v) is 17.1. The topological polar surface area (TPSA) is 52.6 Å². The van der Waals surface area contributed by atoms with Crippen molar-refractivity contribution in [3.8, 4) is 0 Å². The number of esters is 2. The molecular weight excluding hydrogens is 408 g/mol. The fourth-order valence-corrected chi connectivity index (χ4v) is 5.58. The van der Waals surface area contributed by atoms with E-state index in [1.807, 2.05) is 12.1 Å². The predicted molar refractivity (Wildman–Crippen MR) is 92.9 cm³/mol.